The Labute approximate surface area is 166 Å². The molecule has 1 aromatic heterocycles. The van der Waals surface area contributed by atoms with Crippen molar-refractivity contribution in [3.63, 3.8) is 0 Å². The van der Waals surface area contributed by atoms with Gasteiger partial charge in [0.15, 0.2) is 0 Å². The average Bonchev–Trinajstić information content (AvgIpc) is 3.38. The summed E-state index contributed by atoms with van der Waals surface area (Å²) in [4.78, 5) is 38.2. The van der Waals surface area contributed by atoms with Gasteiger partial charge in [0.1, 0.15) is 11.3 Å². The van der Waals surface area contributed by atoms with Gasteiger partial charge in [0.25, 0.3) is 0 Å². The first-order valence-corrected chi connectivity index (χ1v) is 9.81. The van der Waals surface area contributed by atoms with E-state index in [4.69, 9.17) is 9.15 Å². The number of carbonyl (C=O) groups excluding carboxylic acids is 2. The van der Waals surface area contributed by atoms with Crippen molar-refractivity contribution in [3.8, 4) is 5.75 Å². The molecule has 2 heterocycles. The summed E-state index contributed by atoms with van der Waals surface area (Å²) in [6, 6.07) is 12.0. The molecule has 3 aromatic rings. The van der Waals surface area contributed by atoms with Gasteiger partial charge in [-0.1, -0.05) is 0 Å². The normalized spacial score (nSPS) is 15.7. The van der Waals surface area contributed by atoms with Crippen LogP contribution in [0.25, 0.3) is 11.0 Å². The van der Waals surface area contributed by atoms with Crippen molar-refractivity contribution in [3.05, 3.63) is 69.6 Å². The number of esters is 1. The minimum absolute atomic E-state index is 0.101. The molecule has 6 heteroatoms. The lowest BCUT2D eigenvalue weighted by Crippen LogP contribution is -2.23. The number of fused-ring (bicyclic) bond motifs is 3. The number of benzene rings is 2. The fraction of sp³-hybridized carbons (Fsp3) is 0.261. The lowest BCUT2D eigenvalue weighted by Gasteiger charge is -2.15. The number of carbonyl (C=O) groups is 2. The number of rotatable bonds is 3. The summed E-state index contributed by atoms with van der Waals surface area (Å²) >= 11 is 0. The number of ether oxygens (including phenoxy) is 1. The van der Waals surface area contributed by atoms with Crippen molar-refractivity contribution in [2.75, 3.05) is 11.4 Å². The quantitative estimate of drug-likeness (QED) is 0.388. The molecule has 2 aromatic carbocycles. The van der Waals surface area contributed by atoms with Crippen LogP contribution in [0.2, 0.25) is 0 Å². The van der Waals surface area contributed by atoms with Gasteiger partial charge in [-0.3, -0.25) is 4.79 Å². The van der Waals surface area contributed by atoms with E-state index in [1.807, 2.05) is 6.07 Å². The second-order valence-corrected chi connectivity index (χ2v) is 7.44. The van der Waals surface area contributed by atoms with Crippen molar-refractivity contribution in [1.82, 2.24) is 0 Å². The molecule has 29 heavy (non-hydrogen) atoms. The third kappa shape index (κ3) is 3.10. The summed E-state index contributed by atoms with van der Waals surface area (Å²) in [5.74, 6) is -0.0842. The monoisotopic (exact) mass is 389 g/mol. The van der Waals surface area contributed by atoms with Crippen LogP contribution in [0.15, 0.2) is 51.7 Å². The van der Waals surface area contributed by atoms with Gasteiger partial charge in [-0.2, -0.15) is 0 Å². The smallest absolute Gasteiger partial charge is 0.343 e. The number of hydrogen-bond donors (Lipinski definition) is 0. The molecule has 0 spiro atoms. The Morgan fingerprint density at radius 2 is 1.72 bits per heavy atom. The Morgan fingerprint density at radius 3 is 2.48 bits per heavy atom. The van der Waals surface area contributed by atoms with Crippen molar-refractivity contribution >= 4 is 28.5 Å². The third-order valence-electron chi connectivity index (χ3n) is 5.64. The lowest BCUT2D eigenvalue weighted by molar-refractivity contribution is -0.117. The molecule has 1 amide bonds. The predicted octanol–water partition coefficient (Wildman–Crippen LogP) is 3.63. The first kappa shape index (κ1) is 17.7. The van der Waals surface area contributed by atoms with E-state index in [1.54, 1.807) is 41.3 Å². The fourth-order valence-corrected chi connectivity index (χ4v) is 4.19. The van der Waals surface area contributed by atoms with E-state index in [2.05, 4.69) is 0 Å². The summed E-state index contributed by atoms with van der Waals surface area (Å²) in [6.45, 7) is 0.703. The highest BCUT2D eigenvalue weighted by atomic mass is 16.5. The standard InChI is InChI=1S/C23H19NO5/c25-21-5-2-12-24(21)15-8-6-14(7-9-15)22(26)28-16-10-11-18-17-3-1-4-19(17)23(27)29-20(18)13-16/h6-11,13H,1-5,12H2. The van der Waals surface area contributed by atoms with E-state index in [9.17, 15) is 14.4 Å². The number of nitrogens with zero attached hydrogens (tertiary/aromatic N) is 1. The van der Waals surface area contributed by atoms with Gasteiger partial charge in [-0.25, -0.2) is 9.59 Å². The Morgan fingerprint density at radius 1 is 0.931 bits per heavy atom. The van der Waals surface area contributed by atoms with Crippen LogP contribution in [0.3, 0.4) is 0 Å². The minimum Gasteiger partial charge on any atom is -0.423 e. The second-order valence-electron chi connectivity index (χ2n) is 7.44. The molecule has 0 radical (unpaired) electrons. The van der Waals surface area contributed by atoms with Gasteiger partial charge in [0, 0.05) is 35.7 Å². The third-order valence-corrected chi connectivity index (χ3v) is 5.64. The highest BCUT2D eigenvalue weighted by molar-refractivity contribution is 5.96. The van der Waals surface area contributed by atoms with Gasteiger partial charge < -0.3 is 14.1 Å². The molecule has 6 nitrogen and oxygen atoms in total. The van der Waals surface area contributed by atoms with Crippen LogP contribution in [-0.4, -0.2) is 18.4 Å². The molecule has 0 unspecified atom stereocenters. The molecule has 0 bridgehead atoms. The van der Waals surface area contributed by atoms with Crippen molar-refractivity contribution < 1.29 is 18.7 Å². The lowest BCUT2D eigenvalue weighted by atomic mass is 10.1. The average molecular weight is 389 g/mol. The van der Waals surface area contributed by atoms with E-state index in [0.29, 0.717) is 29.9 Å². The Bertz CT molecular complexity index is 1190. The Hall–Kier alpha value is -3.41. The first-order chi connectivity index (χ1) is 14.1. The van der Waals surface area contributed by atoms with Crippen LogP contribution >= 0.6 is 0 Å². The van der Waals surface area contributed by atoms with Gasteiger partial charge >= 0.3 is 11.6 Å². The molecule has 2 aliphatic rings. The van der Waals surface area contributed by atoms with Gasteiger partial charge in [-0.15, -0.1) is 0 Å². The van der Waals surface area contributed by atoms with Gasteiger partial charge in [0.2, 0.25) is 5.91 Å². The number of hydrogen-bond acceptors (Lipinski definition) is 5. The summed E-state index contributed by atoms with van der Waals surface area (Å²) in [5, 5.41) is 0.900. The van der Waals surface area contributed by atoms with E-state index in [-0.39, 0.29) is 11.5 Å². The minimum atomic E-state index is -0.507. The first-order valence-electron chi connectivity index (χ1n) is 9.81. The maximum atomic E-state index is 12.5. The Balaban J connectivity index is 1.38. The van der Waals surface area contributed by atoms with Crippen molar-refractivity contribution in [1.29, 1.82) is 0 Å². The highest BCUT2D eigenvalue weighted by Crippen LogP contribution is 2.30. The molecular weight excluding hydrogens is 370 g/mol. The second kappa shape index (κ2) is 6.88. The van der Waals surface area contributed by atoms with Crippen molar-refractivity contribution in [2.45, 2.75) is 32.1 Å². The summed E-state index contributed by atoms with van der Waals surface area (Å²) < 4.78 is 10.9. The zero-order valence-corrected chi connectivity index (χ0v) is 15.8. The maximum absolute atomic E-state index is 12.5. The topological polar surface area (TPSA) is 76.8 Å². The highest BCUT2D eigenvalue weighted by Gasteiger charge is 2.22. The Kier molecular flexibility index (Phi) is 4.19. The zero-order chi connectivity index (χ0) is 20.0. The summed E-state index contributed by atoms with van der Waals surface area (Å²) in [6.07, 6.45) is 3.98. The van der Waals surface area contributed by atoms with Crippen LogP contribution in [0.1, 0.15) is 40.7 Å². The summed E-state index contributed by atoms with van der Waals surface area (Å²) in [7, 11) is 0. The molecular formula is C23H19NO5. The fourth-order valence-electron chi connectivity index (χ4n) is 4.19. The zero-order valence-electron chi connectivity index (χ0n) is 15.8. The van der Waals surface area contributed by atoms with E-state index in [1.165, 1.54) is 0 Å². The number of anilines is 1. The molecule has 1 aliphatic carbocycles. The number of aryl methyl sites for hydroxylation is 1. The largest absolute Gasteiger partial charge is 0.423 e. The van der Waals surface area contributed by atoms with Crippen LogP contribution in [0.4, 0.5) is 5.69 Å². The predicted molar refractivity (Wildman–Crippen MR) is 107 cm³/mol. The SMILES string of the molecule is O=C(Oc1ccc2c3c(c(=O)oc2c1)CCC3)c1ccc(N2CCCC2=O)cc1. The molecule has 1 aliphatic heterocycles. The number of amides is 1. The van der Waals surface area contributed by atoms with E-state index >= 15 is 0 Å². The molecule has 5 rings (SSSR count). The maximum Gasteiger partial charge on any atom is 0.343 e. The summed E-state index contributed by atoms with van der Waals surface area (Å²) in [5.41, 5.74) is 3.10. The van der Waals surface area contributed by atoms with E-state index in [0.717, 1.165) is 47.9 Å². The molecule has 1 fully saturated rings. The van der Waals surface area contributed by atoms with Crippen LogP contribution < -0.4 is 15.3 Å². The molecule has 0 atom stereocenters. The van der Waals surface area contributed by atoms with Crippen LogP contribution in [-0.2, 0) is 17.6 Å². The molecule has 0 saturated carbocycles. The molecule has 146 valence electrons. The molecule has 0 N–H and O–H groups in total. The van der Waals surface area contributed by atoms with Gasteiger partial charge in [-0.05, 0) is 67.6 Å². The van der Waals surface area contributed by atoms with E-state index < -0.39 is 5.97 Å². The van der Waals surface area contributed by atoms with Crippen LogP contribution in [0, 0.1) is 0 Å². The van der Waals surface area contributed by atoms with Gasteiger partial charge in [0.05, 0.1) is 5.56 Å². The molecule has 1 saturated heterocycles. The van der Waals surface area contributed by atoms with Crippen molar-refractivity contribution in [2.24, 2.45) is 0 Å². The van der Waals surface area contributed by atoms with Crippen LogP contribution in [0.5, 0.6) is 5.75 Å².